The Kier molecular flexibility index (Phi) is 6.71. The smallest absolute Gasteiger partial charge is 0.308 e. The normalized spacial score (nSPS) is 10.0. The molecule has 0 unspecified atom stereocenters. The van der Waals surface area contributed by atoms with Crippen molar-refractivity contribution in [2.24, 2.45) is 0 Å². The molecular formula is C19H19NO4. The standard InChI is InChI=1S/C19H19NO4/c21-17(16-9-5-2-6-10-16)14-24-19(23)11-12-20-18(22)13-15-7-3-1-4-8-15/h1-10H,11-14H2,(H,20,22). The van der Waals surface area contributed by atoms with Crippen LogP contribution in [0.25, 0.3) is 0 Å². The first-order valence-electron chi connectivity index (χ1n) is 7.69. The molecule has 5 nitrogen and oxygen atoms in total. The van der Waals surface area contributed by atoms with Crippen molar-refractivity contribution in [1.29, 1.82) is 0 Å². The number of hydrogen-bond acceptors (Lipinski definition) is 4. The summed E-state index contributed by atoms with van der Waals surface area (Å²) in [5.41, 5.74) is 1.41. The van der Waals surface area contributed by atoms with E-state index in [1.54, 1.807) is 30.3 Å². The molecule has 0 fully saturated rings. The van der Waals surface area contributed by atoms with Crippen LogP contribution in [0.15, 0.2) is 60.7 Å². The quantitative estimate of drug-likeness (QED) is 0.596. The summed E-state index contributed by atoms with van der Waals surface area (Å²) in [6.07, 6.45) is 0.297. The third-order valence-corrected chi connectivity index (χ3v) is 3.32. The Morgan fingerprint density at radius 3 is 2.17 bits per heavy atom. The molecule has 2 aromatic carbocycles. The summed E-state index contributed by atoms with van der Waals surface area (Å²) in [5, 5.41) is 2.66. The summed E-state index contributed by atoms with van der Waals surface area (Å²) in [6.45, 7) is -0.106. The average molecular weight is 325 g/mol. The van der Waals surface area contributed by atoms with Gasteiger partial charge in [-0.15, -0.1) is 0 Å². The van der Waals surface area contributed by atoms with Gasteiger partial charge in [-0.2, -0.15) is 0 Å². The van der Waals surface area contributed by atoms with Gasteiger partial charge >= 0.3 is 5.97 Å². The molecule has 0 aromatic heterocycles. The Hall–Kier alpha value is -2.95. The number of ether oxygens (including phenoxy) is 1. The molecule has 0 bridgehead atoms. The fourth-order valence-corrected chi connectivity index (χ4v) is 2.07. The Bertz CT molecular complexity index is 683. The van der Waals surface area contributed by atoms with E-state index in [-0.39, 0.29) is 37.7 Å². The number of amides is 1. The molecule has 1 N–H and O–H groups in total. The summed E-state index contributed by atoms with van der Waals surface area (Å²) in [6, 6.07) is 18.0. The van der Waals surface area contributed by atoms with Crippen molar-refractivity contribution in [3.63, 3.8) is 0 Å². The van der Waals surface area contributed by atoms with Gasteiger partial charge in [0.2, 0.25) is 5.91 Å². The van der Waals surface area contributed by atoms with Gasteiger partial charge in [0.05, 0.1) is 12.8 Å². The summed E-state index contributed by atoms with van der Waals surface area (Å²) >= 11 is 0. The van der Waals surface area contributed by atoms with Gasteiger partial charge in [0.25, 0.3) is 0 Å². The lowest BCUT2D eigenvalue weighted by molar-refractivity contribution is -0.142. The number of carbonyl (C=O) groups excluding carboxylic acids is 3. The van der Waals surface area contributed by atoms with Gasteiger partial charge in [-0.3, -0.25) is 14.4 Å². The second kappa shape index (κ2) is 9.25. The minimum absolute atomic E-state index is 0.0304. The maximum absolute atomic E-state index is 11.8. The van der Waals surface area contributed by atoms with Crippen LogP contribution in [-0.4, -0.2) is 30.8 Å². The highest BCUT2D eigenvalue weighted by atomic mass is 16.5. The zero-order valence-electron chi connectivity index (χ0n) is 13.2. The van der Waals surface area contributed by atoms with Crippen LogP contribution in [0.2, 0.25) is 0 Å². The molecule has 0 saturated carbocycles. The Balaban J connectivity index is 1.63. The predicted molar refractivity (Wildman–Crippen MR) is 89.5 cm³/mol. The number of rotatable bonds is 8. The molecule has 0 heterocycles. The van der Waals surface area contributed by atoms with Crippen LogP contribution in [0.4, 0.5) is 0 Å². The average Bonchev–Trinajstić information content (AvgIpc) is 2.61. The Morgan fingerprint density at radius 2 is 1.50 bits per heavy atom. The maximum Gasteiger partial charge on any atom is 0.308 e. The lowest BCUT2D eigenvalue weighted by Crippen LogP contribution is -2.28. The summed E-state index contributed by atoms with van der Waals surface area (Å²) in [4.78, 5) is 35.1. The monoisotopic (exact) mass is 325 g/mol. The van der Waals surface area contributed by atoms with Crippen molar-refractivity contribution in [3.05, 3.63) is 71.8 Å². The molecule has 2 rings (SSSR count). The third kappa shape index (κ3) is 6.04. The van der Waals surface area contributed by atoms with Crippen molar-refractivity contribution >= 4 is 17.7 Å². The van der Waals surface area contributed by atoms with Crippen LogP contribution in [0, 0.1) is 0 Å². The molecule has 124 valence electrons. The molecule has 0 saturated heterocycles. The highest BCUT2D eigenvalue weighted by Gasteiger charge is 2.10. The largest absolute Gasteiger partial charge is 0.457 e. The van der Waals surface area contributed by atoms with E-state index in [2.05, 4.69) is 5.32 Å². The van der Waals surface area contributed by atoms with Crippen molar-refractivity contribution in [2.45, 2.75) is 12.8 Å². The molecule has 0 radical (unpaired) electrons. The van der Waals surface area contributed by atoms with Crippen LogP contribution in [0.5, 0.6) is 0 Å². The number of benzene rings is 2. The number of ketones is 1. The number of Topliss-reactive ketones (excluding diaryl/α,β-unsaturated/α-hetero) is 1. The lowest BCUT2D eigenvalue weighted by atomic mass is 10.1. The molecule has 0 aliphatic heterocycles. The molecule has 0 aliphatic rings. The van der Waals surface area contributed by atoms with Gasteiger partial charge in [0.1, 0.15) is 0 Å². The minimum Gasteiger partial charge on any atom is -0.457 e. The fourth-order valence-electron chi connectivity index (χ4n) is 2.07. The Morgan fingerprint density at radius 1 is 0.875 bits per heavy atom. The topological polar surface area (TPSA) is 72.5 Å². The van der Waals surface area contributed by atoms with Crippen molar-refractivity contribution in [2.75, 3.05) is 13.2 Å². The first-order chi connectivity index (χ1) is 11.6. The molecule has 1 amide bonds. The van der Waals surface area contributed by atoms with Gasteiger partial charge in [0.15, 0.2) is 12.4 Å². The van der Waals surface area contributed by atoms with E-state index in [9.17, 15) is 14.4 Å². The molecule has 5 heteroatoms. The van der Waals surface area contributed by atoms with E-state index in [0.29, 0.717) is 5.56 Å². The lowest BCUT2D eigenvalue weighted by Gasteiger charge is -2.06. The van der Waals surface area contributed by atoms with Crippen molar-refractivity contribution in [3.8, 4) is 0 Å². The predicted octanol–water partition coefficient (Wildman–Crippen LogP) is 2.16. The third-order valence-electron chi connectivity index (χ3n) is 3.32. The number of esters is 1. The minimum atomic E-state index is -0.515. The van der Waals surface area contributed by atoms with Crippen LogP contribution in [0.1, 0.15) is 22.3 Å². The van der Waals surface area contributed by atoms with E-state index >= 15 is 0 Å². The Labute approximate surface area is 140 Å². The molecule has 24 heavy (non-hydrogen) atoms. The van der Waals surface area contributed by atoms with E-state index in [4.69, 9.17) is 4.74 Å². The summed E-state index contributed by atoms with van der Waals surface area (Å²) in [7, 11) is 0. The van der Waals surface area contributed by atoms with Gasteiger partial charge in [-0.1, -0.05) is 60.7 Å². The van der Waals surface area contributed by atoms with E-state index in [1.165, 1.54) is 0 Å². The zero-order chi connectivity index (χ0) is 17.2. The first-order valence-corrected chi connectivity index (χ1v) is 7.69. The maximum atomic E-state index is 11.8. The SMILES string of the molecule is O=C(Cc1ccccc1)NCCC(=O)OCC(=O)c1ccccc1. The van der Waals surface area contributed by atoms with Crippen LogP contribution in [-0.2, 0) is 20.7 Å². The molecule has 2 aromatic rings. The molecule has 0 aliphatic carbocycles. The molecule has 0 spiro atoms. The number of hydrogen-bond donors (Lipinski definition) is 1. The fraction of sp³-hybridized carbons (Fsp3) is 0.211. The number of nitrogens with one attached hydrogen (secondary N) is 1. The zero-order valence-corrected chi connectivity index (χ0v) is 13.2. The second-order valence-electron chi connectivity index (χ2n) is 5.21. The second-order valence-corrected chi connectivity index (χ2v) is 5.21. The van der Waals surface area contributed by atoms with Gasteiger partial charge < -0.3 is 10.1 Å². The summed E-state index contributed by atoms with van der Waals surface area (Å²) in [5.74, 6) is -0.925. The van der Waals surface area contributed by atoms with Gasteiger partial charge in [-0.25, -0.2) is 0 Å². The number of carbonyl (C=O) groups is 3. The van der Waals surface area contributed by atoms with E-state index in [1.807, 2.05) is 30.3 Å². The van der Waals surface area contributed by atoms with Crippen LogP contribution < -0.4 is 5.32 Å². The van der Waals surface area contributed by atoms with Gasteiger partial charge in [-0.05, 0) is 5.56 Å². The van der Waals surface area contributed by atoms with Crippen molar-refractivity contribution < 1.29 is 19.1 Å². The van der Waals surface area contributed by atoms with Crippen molar-refractivity contribution in [1.82, 2.24) is 5.32 Å². The molecule has 0 atom stereocenters. The highest BCUT2D eigenvalue weighted by molar-refractivity contribution is 5.97. The summed E-state index contributed by atoms with van der Waals surface area (Å²) < 4.78 is 4.92. The van der Waals surface area contributed by atoms with Crippen LogP contribution in [0.3, 0.4) is 0 Å². The van der Waals surface area contributed by atoms with Gasteiger partial charge in [0, 0.05) is 12.1 Å². The first kappa shape index (κ1) is 17.4. The molecular weight excluding hydrogens is 306 g/mol. The van der Waals surface area contributed by atoms with E-state index < -0.39 is 5.97 Å². The highest BCUT2D eigenvalue weighted by Crippen LogP contribution is 2.01. The van der Waals surface area contributed by atoms with E-state index in [0.717, 1.165) is 5.56 Å². The van der Waals surface area contributed by atoms with Crippen LogP contribution >= 0.6 is 0 Å².